The molecule has 0 aliphatic heterocycles. The molecule has 0 heterocycles. The minimum atomic E-state index is -7.43. The van der Waals surface area contributed by atoms with E-state index in [1.807, 2.05) is 0 Å². The lowest BCUT2D eigenvalue weighted by atomic mass is 10.0. The third-order valence-electron chi connectivity index (χ3n) is 4.76. The minimum Gasteiger partial charge on any atom is -0.743 e. The van der Waals surface area contributed by atoms with Crippen molar-refractivity contribution in [3.8, 4) is 0 Å². The van der Waals surface area contributed by atoms with Crippen LogP contribution in [0.5, 0.6) is 0 Å². The SMILES string of the molecule is CC(C)[S+](CC(=O)C1CCCC1)C(C)C.O=S(=O)([O-])C(F)(F)C(F)(F)C(F)(F)C(F)(F)F. The highest BCUT2D eigenvalue weighted by Gasteiger charge is 2.83. The monoisotopic (exact) mass is 528 g/mol. The van der Waals surface area contributed by atoms with Crippen LogP contribution < -0.4 is 0 Å². The molecule has 1 fully saturated rings. The van der Waals surface area contributed by atoms with Crippen molar-refractivity contribution in [1.82, 2.24) is 0 Å². The molecule has 0 amide bonds. The van der Waals surface area contributed by atoms with Gasteiger partial charge in [0.1, 0.15) is 10.5 Å². The Hall–Kier alpha value is -0.700. The summed E-state index contributed by atoms with van der Waals surface area (Å²) in [4.78, 5) is 12.1. The number of hydrogen-bond acceptors (Lipinski definition) is 4. The van der Waals surface area contributed by atoms with Gasteiger partial charge in [-0.15, -0.1) is 0 Å². The van der Waals surface area contributed by atoms with Crippen molar-refractivity contribution < 1.29 is 57.3 Å². The molecule has 0 saturated heterocycles. The van der Waals surface area contributed by atoms with E-state index in [1.165, 1.54) is 12.8 Å². The lowest BCUT2D eigenvalue weighted by Gasteiger charge is -2.34. The molecule has 0 aromatic carbocycles. The molecule has 0 unspecified atom stereocenters. The van der Waals surface area contributed by atoms with Gasteiger partial charge < -0.3 is 4.55 Å². The van der Waals surface area contributed by atoms with E-state index in [4.69, 9.17) is 0 Å². The fourth-order valence-electron chi connectivity index (χ4n) is 2.93. The second-order valence-corrected chi connectivity index (χ2v) is 12.3. The van der Waals surface area contributed by atoms with E-state index in [1.54, 1.807) is 0 Å². The molecule has 0 radical (unpaired) electrons. The van der Waals surface area contributed by atoms with Gasteiger partial charge in [-0.25, -0.2) is 8.42 Å². The van der Waals surface area contributed by atoms with Crippen molar-refractivity contribution in [2.75, 3.05) is 5.75 Å². The molecule has 32 heavy (non-hydrogen) atoms. The number of Topliss-reactive ketones (excluding diaryl/α,β-unsaturated/α-hetero) is 1. The Morgan fingerprint density at radius 1 is 0.875 bits per heavy atom. The van der Waals surface area contributed by atoms with E-state index >= 15 is 0 Å². The van der Waals surface area contributed by atoms with E-state index in [0.29, 0.717) is 33.1 Å². The lowest BCUT2D eigenvalue weighted by Crippen LogP contribution is -2.63. The summed E-state index contributed by atoms with van der Waals surface area (Å²) in [6.45, 7) is 9.02. The largest absolute Gasteiger partial charge is 0.743 e. The van der Waals surface area contributed by atoms with Gasteiger partial charge in [-0.1, -0.05) is 12.8 Å². The summed E-state index contributed by atoms with van der Waals surface area (Å²) in [6.07, 6.45) is -2.30. The van der Waals surface area contributed by atoms with Crippen LogP contribution in [0.25, 0.3) is 0 Å². The van der Waals surface area contributed by atoms with Crippen molar-refractivity contribution >= 4 is 26.8 Å². The van der Waals surface area contributed by atoms with Gasteiger partial charge in [-0.3, -0.25) is 4.79 Å². The number of ketones is 1. The fourth-order valence-corrected chi connectivity index (χ4v) is 5.69. The van der Waals surface area contributed by atoms with Gasteiger partial charge in [0, 0.05) is 5.92 Å². The van der Waals surface area contributed by atoms with Gasteiger partial charge in [0.15, 0.2) is 21.7 Å². The van der Waals surface area contributed by atoms with Crippen LogP contribution in [-0.2, 0) is 25.8 Å². The maximum atomic E-state index is 12.2. The van der Waals surface area contributed by atoms with Crippen molar-refractivity contribution in [1.29, 1.82) is 0 Å². The molecular weight excluding hydrogens is 503 g/mol. The fraction of sp³-hybridized carbons (Fsp3) is 0.941. The Labute approximate surface area is 183 Å². The first-order valence-corrected chi connectivity index (χ1v) is 12.3. The Kier molecular flexibility index (Phi) is 10.5. The molecule has 0 aromatic heterocycles. The molecule has 1 aliphatic carbocycles. The van der Waals surface area contributed by atoms with Crippen LogP contribution in [0.2, 0.25) is 0 Å². The van der Waals surface area contributed by atoms with Gasteiger partial charge in [-0.2, -0.15) is 39.5 Å². The van der Waals surface area contributed by atoms with E-state index in [2.05, 4.69) is 27.7 Å². The van der Waals surface area contributed by atoms with Gasteiger partial charge >= 0.3 is 23.3 Å². The second-order valence-electron chi connectivity index (χ2n) is 7.78. The quantitative estimate of drug-likeness (QED) is 0.249. The third-order valence-corrected chi connectivity index (χ3v) is 8.68. The first-order chi connectivity index (χ1) is 14.0. The number of alkyl halides is 9. The normalized spacial score (nSPS) is 17.2. The summed E-state index contributed by atoms with van der Waals surface area (Å²) in [5, 5.41) is -5.79. The van der Waals surface area contributed by atoms with Crippen LogP contribution in [0, 0.1) is 5.92 Å². The Bertz CT molecular complexity index is 721. The summed E-state index contributed by atoms with van der Waals surface area (Å²) in [5.41, 5.74) is 0. The zero-order valence-corrected chi connectivity index (χ0v) is 19.3. The summed E-state index contributed by atoms with van der Waals surface area (Å²) < 4.78 is 135. The van der Waals surface area contributed by atoms with Gasteiger partial charge in [0.2, 0.25) is 0 Å². The molecule has 0 bridgehead atoms. The standard InChI is InChI=1S/C13H25OS.C4HF9O3S/c1-10(2)15(11(3)4)9-13(14)12-7-5-6-8-12;5-1(6,3(9,10)11)2(7,8)4(12,13)17(14,15)16/h10-12H,5-9H2,1-4H3;(H,14,15,16)/q+1;/p-1. The van der Waals surface area contributed by atoms with Crippen molar-refractivity contribution in [2.24, 2.45) is 5.92 Å². The van der Waals surface area contributed by atoms with E-state index in [9.17, 15) is 57.3 Å². The van der Waals surface area contributed by atoms with Crippen LogP contribution >= 0.6 is 0 Å². The first-order valence-electron chi connectivity index (χ1n) is 9.39. The van der Waals surface area contributed by atoms with Crippen LogP contribution in [0.3, 0.4) is 0 Å². The number of hydrogen-bond donors (Lipinski definition) is 0. The molecule has 1 aliphatic rings. The number of carbonyl (C=O) groups is 1. The zero-order chi connectivity index (χ0) is 25.9. The maximum Gasteiger partial charge on any atom is 0.460 e. The average Bonchev–Trinajstić information content (AvgIpc) is 3.11. The molecule has 192 valence electrons. The molecule has 0 spiro atoms. The lowest BCUT2D eigenvalue weighted by molar-refractivity contribution is -0.382. The topological polar surface area (TPSA) is 74.3 Å². The Morgan fingerprint density at radius 2 is 1.25 bits per heavy atom. The summed E-state index contributed by atoms with van der Waals surface area (Å²) in [6, 6.07) is 0. The van der Waals surface area contributed by atoms with Crippen LogP contribution in [0.1, 0.15) is 53.4 Å². The molecule has 15 heteroatoms. The van der Waals surface area contributed by atoms with E-state index < -0.39 is 33.4 Å². The number of halogens is 9. The number of carbonyl (C=O) groups excluding carboxylic acids is 1. The Morgan fingerprint density at radius 3 is 1.53 bits per heavy atom. The summed E-state index contributed by atoms with van der Waals surface area (Å²) in [7, 11) is -7.12. The molecule has 0 N–H and O–H groups in total. The molecule has 1 rings (SSSR count). The van der Waals surface area contributed by atoms with Gasteiger partial charge in [0.25, 0.3) is 0 Å². The first kappa shape index (κ1) is 31.3. The number of rotatable bonds is 8. The second kappa shape index (κ2) is 10.7. The van der Waals surface area contributed by atoms with E-state index in [0.717, 1.165) is 18.6 Å². The van der Waals surface area contributed by atoms with Crippen molar-refractivity contribution in [3.63, 3.8) is 0 Å². The molecule has 4 nitrogen and oxygen atoms in total. The molecule has 0 atom stereocenters. The predicted octanol–water partition coefficient (Wildman–Crippen LogP) is 5.14. The zero-order valence-electron chi connectivity index (χ0n) is 17.6. The smallest absolute Gasteiger partial charge is 0.460 e. The highest BCUT2D eigenvalue weighted by molar-refractivity contribution is 7.98. The average molecular weight is 528 g/mol. The van der Waals surface area contributed by atoms with Crippen molar-refractivity contribution in [3.05, 3.63) is 0 Å². The molecule has 0 aromatic rings. The summed E-state index contributed by atoms with van der Waals surface area (Å²) >= 11 is 0. The molecular formula is C17H25F9O4S2. The third kappa shape index (κ3) is 6.90. The molecule has 1 saturated carbocycles. The van der Waals surface area contributed by atoms with Crippen LogP contribution in [0.15, 0.2) is 0 Å². The van der Waals surface area contributed by atoms with Crippen LogP contribution in [0.4, 0.5) is 39.5 Å². The van der Waals surface area contributed by atoms with Crippen LogP contribution in [-0.4, -0.2) is 58.3 Å². The maximum absolute atomic E-state index is 12.2. The Balaban J connectivity index is 0.000000604. The van der Waals surface area contributed by atoms with Crippen molar-refractivity contribution in [2.45, 2.75) is 87.2 Å². The highest BCUT2D eigenvalue weighted by atomic mass is 32.2. The van der Waals surface area contributed by atoms with Gasteiger partial charge in [-0.05, 0) is 51.4 Å². The van der Waals surface area contributed by atoms with E-state index in [-0.39, 0.29) is 0 Å². The summed E-state index contributed by atoms with van der Waals surface area (Å²) in [5.74, 6) is -13.0. The predicted molar refractivity (Wildman–Crippen MR) is 100 cm³/mol. The highest BCUT2D eigenvalue weighted by Crippen LogP contribution is 2.54. The minimum absolute atomic E-state index is 0.296. The van der Waals surface area contributed by atoms with Gasteiger partial charge in [0.05, 0.1) is 0 Å².